The Hall–Kier alpha value is -5.63. The minimum absolute atomic E-state index is 0.0921. The van der Waals surface area contributed by atoms with Gasteiger partial charge in [-0.05, 0) is 48.6 Å². The Bertz CT molecular complexity index is 1540. The number of esters is 1. The predicted octanol–water partition coefficient (Wildman–Crippen LogP) is 2.35. The summed E-state index contributed by atoms with van der Waals surface area (Å²) in [6, 6.07) is 21.6. The molecule has 14 nitrogen and oxygen atoms in total. The molecule has 0 heterocycles. The van der Waals surface area contributed by atoms with Crippen molar-refractivity contribution in [2.75, 3.05) is 34.4 Å². The highest BCUT2D eigenvalue weighted by molar-refractivity contribution is 5.89. The first-order chi connectivity index (χ1) is 24.2. The number of hydrogen-bond donors (Lipinski definition) is 5. The number of carbonyl (C=O) groups is 5. The third kappa shape index (κ3) is 13.8. The van der Waals surface area contributed by atoms with Crippen molar-refractivity contribution in [2.45, 2.75) is 50.8 Å². The molecule has 0 saturated heterocycles. The Labute approximate surface area is 291 Å². The highest BCUT2D eigenvalue weighted by Crippen LogP contribution is 2.24. The molecule has 0 aromatic heterocycles. The van der Waals surface area contributed by atoms with Crippen LogP contribution >= 0.6 is 0 Å². The fraction of sp³-hybridized carbons (Fsp3) is 0.361. The Kier molecular flexibility index (Phi) is 16.6. The van der Waals surface area contributed by atoms with E-state index in [1.54, 1.807) is 18.2 Å². The maximum atomic E-state index is 13.2. The lowest BCUT2D eigenvalue weighted by molar-refractivity contribution is -0.145. The molecule has 3 aromatic rings. The maximum Gasteiger partial charge on any atom is 0.407 e. The van der Waals surface area contributed by atoms with Crippen LogP contribution in [-0.2, 0) is 48.1 Å². The lowest BCUT2D eigenvalue weighted by Crippen LogP contribution is -2.54. The summed E-state index contributed by atoms with van der Waals surface area (Å²) in [7, 11) is 4.23. The molecular formula is C36H45N5O9. The van der Waals surface area contributed by atoms with E-state index in [0.717, 1.165) is 11.1 Å². The topological polar surface area (TPSA) is 182 Å². The van der Waals surface area contributed by atoms with Gasteiger partial charge < -0.3 is 34.9 Å². The van der Waals surface area contributed by atoms with E-state index in [4.69, 9.17) is 18.9 Å². The second-order valence-corrected chi connectivity index (χ2v) is 11.1. The number of ether oxygens (including phenoxy) is 4. The van der Waals surface area contributed by atoms with Gasteiger partial charge in [0.25, 0.3) is 5.91 Å². The second-order valence-electron chi connectivity index (χ2n) is 11.1. The fourth-order valence-corrected chi connectivity index (χ4v) is 4.87. The van der Waals surface area contributed by atoms with Crippen LogP contribution in [0, 0.1) is 0 Å². The summed E-state index contributed by atoms with van der Waals surface area (Å²) in [6.45, 7) is 0.0742. The third-order valence-corrected chi connectivity index (χ3v) is 7.46. The molecule has 14 heteroatoms. The third-order valence-electron chi connectivity index (χ3n) is 7.46. The van der Waals surface area contributed by atoms with Crippen LogP contribution in [-0.4, -0.2) is 76.3 Å². The van der Waals surface area contributed by atoms with Crippen LogP contribution in [0.25, 0.3) is 0 Å². The highest BCUT2D eigenvalue weighted by atomic mass is 16.5. The quantitative estimate of drug-likeness (QED) is 0.0670. The molecular weight excluding hydrogens is 646 g/mol. The van der Waals surface area contributed by atoms with Gasteiger partial charge in [0.05, 0.1) is 34.3 Å². The lowest BCUT2D eigenvalue weighted by Gasteiger charge is -2.20. The number of rotatable bonds is 20. The van der Waals surface area contributed by atoms with Crippen molar-refractivity contribution in [1.82, 2.24) is 26.8 Å². The van der Waals surface area contributed by atoms with Crippen molar-refractivity contribution in [1.29, 1.82) is 0 Å². The van der Waals surface area contributed by atoms with Crippen molar-refractivity contribution in [3.8, 4) is 11.5 Å². The number of methoxy groups -OCH3 is 3. The SMILES string of the molecule is COC(=O)[C@H](Cc1ccccc1)NC(=O)CNNC(=O)C(CCCCNC(=O)OCc1ccccc1)NC(=O)Cc1cc(OC)ccc1OC. The van der Waals surface area contributed by atoms with Gasteiger partial charge in [-0.3, -0.25) is 19.8 Å². The summed E-state index contributed by atoms with van der Waals surface area (Å²) >= 11 is 0. The number of unbranched alkanes of at least 4 members (excludes halogenated alkanes) is 1. The van der Waals surface area contributed by atoms with E-state index >= 15 is 0 Å². The van der Waals surface area contributed by atoms with Crippen LogP contribution < -0.4 is 36.3 Å². The second kappa shape index (κ2) is 21.4. The Morgan fingerprint density at radius 3 is 2.08 bits per heavy atom. The maximum absolute atomic E-state index is 13.2. The molecule has 0 aliphatic rings. The van der Waals surface area contributed by atoms with Crippen LogP contribution in [0.5, 0.6) is 11.5 Å². The molecule has 4 amide bonds. The van der Waals surface area contributed by atoms with Crippen molar-refractivity contribution >= 4 is 29.8 Å². The smallest absolute Gasteiger partial charge is 0.407 e. The van der Waals surface area contributed by atoms with Gasteiger partial charge in [-0.1, -0.05) is 60.7 Å². The van der Waals surface area contributed by atoms with Crippen molar-refractivity contribution in [3.05, 3.63) is 95.6 Å². The van der Waals surface area contributed by atoms with Gasteiger partial charge in [0, 0.05) is 18.5 Å². The molecule has 50 heavy (non-hydrogen) atoms. The van der Waals surface area contributed by atoms with E-state index in [2.05, 4.69) is 26.8 Å². The normalized spacial score (nSPS) is 11.7. The Balaban J connectivity index is 1.54. The van der Waals surface area contributed by atoms with E-state index in [-0.39, 0.29) is 32.4 Å². The molecule has 0 radical (unpaired) electrons. The highest BCUT2D eigenvalue weighted by Gasteiger charge is 2.24. The number of hydrogen-bond acceptors (Lipinski definition) is 10. The number of benzene rings is 3. The molecule has 3 aromatic carbocycles. The number of alkyl carbamates (subject to hydrolysis) is 1. The van der Waals surface area contributed by atoms with Gasteiger partial charge in [0.15, 0.2) is 0 Å². The molecule has 0 aliphatic heterocycles. The van der Waals surface area contributed by atoms with Gasteiger partial charge in [-0.2, -0.15) is 0 Å². The summed E-state index contributed by atoms with van der Waals surface area (Å²) in [6.07, 6.45) is 0.742. The van der Waals surface area contributed by atoms with E-state index in [0.29, 0.717) is 36.4 Å². The zero-order valence-corrected chi connectivity index (χ0v) is 28.5. The number of carbonyl (C=O) groups excluding carboxylic acids is 5. The first-order valence-corrected chi connectivity index (χ1v) is 16.1. The van der Waals surface area contributed by atoms with Crippen LogP contribution in [0.2, 0.25) is 0 Å². The minimum Gasteiger partial charge on any atom is -0.497 e. The summed E-state index contributed by atoms with van der Waals surface area (Å²) in [4.78, 5) is 63.4. The Morgan fingerprint density at radius 1 is 0.740 bits per heavy atom. The van der Waals surface area contributed by atoms with Gasteiger partial charge >= 0.3 is 12.1 Å². The zero-order chi connectivity index (χ0) is 36.1. The summed E-state index contributed by atoms with van der Waals surface area (Å²) in [5, 5.41) is 8.04. The zero-order valence-electron chi connectivity index (χ0n) is 28.5. The summed E-state index contributed by atoms with van der Waals surface area (Å²) in [5.41, 5.74) is 7.28. The van der Waals surface area contributed by atoms with Crippen molar-refractivity contribution in [3.63, 3.8) is 0 Å². The average Bonchev–Trinajstić information content (AvgIpc) is 3.13. The van der Waals surface area contributed by atoms with Gasteiger partial charge in [-0.15, -0.1) is 0 Å². The molecule has 0 bridgehead atoms. The summed E-state index contributed by atoms with van der Waals surface area (Å²) in [5.74, 6) is -1.18. The molecule has 1 unspecified atom stereocenters. The molecule has 0 spiro atoms. The monoisotopic (exact) mass is 691 g/mol. The number of nitrogens with one attached hydrogen (secondary N) is 5. The van der Waals surface area contributed by atoms with Gasteiger partial charge in [-0.25, -0.2) is 15.0 Å². The van der Waals surface area contributed by atoms with Crippen LogP contribution in [0.15, 0.2) is 78.9 Å². The standard InChI is InChI=1S/C36H45N5O9/c1-47-28-17-18-31(48-2)27(21-28)22-32(42)39-29(16-10-11-19-37-36(46)50-24-26-14-8-5-9-15-26)34(44)41-38-23-33(43)40-30(35(45)49-3)20-25-12-6-4-7-13-25/h4-9,12-15,17-18,21,29-30,38H,10-11,16,19-20,22-24H2,1-3H3,(H,37,46)(H,39,42)(H,40,43)(H,41,44)/t29?,30-/m0/s1. The first-order valence-electron chi connectivity index (χ1n) is 16.1. The summed E-state index contributed by atoms with van der Waals surface area (Å²) < 4.78 is 20.7. The van der Waals surface area contributed by atoms with E-state index in [1.807, 2.05) is 60.7 Å². The first kappa shape index (κ1) is 38.8. The molecule has 2 atom stereocenters. The van der Waals surface area contributed by atoms with E-state index < -0.39 is 41.9 Å². The molecule has 0 fully saturated rings. The molecule has 0 aliphatic carbocycles. The van der Waals surface area contributed by atoms with E-state index in [9.17, 15) is 24.0 Å². The van der Waals surface area contributed by atoms with E-state index in [1.165, 1.54) is 21.3 Å². The van der Waals surface area contributed by atoms with Gasteiger partial charge in [0.1, 0.15) is 30.2 Å². The van der Waals surface area contributed by atoms with Gasteiger partial charge in [0.2, 0.25) is 11.8 Å². The Morgan fingerprint density at radius 2 is 1.42 bits per heavy atom. The lowest BCUT2D eigenvalue weighted by atomic mass is 10.1. The van der Waals surface area contributed by atoms with Crippen molar-refractivity contribution < 1.29 is 42.9 Å². The minimum atomic E-state index is -0.986. The number of hydrazine groups is 1. The predicted molar refractivity (Wildman–Crippen MR) is 184 cm³/mol. The molecule has 3 rings (SSSR count). The molecule has 0 saturated carbocycles. The van der Waals surface area contributed by atoms with Crippen molar-refractivity contribution in [2.24, 2.45) is 0 Å². The van der Waals surface area contributed by atoms with Crippen LogP contribution in [0.3, 0.4) is 0 Å². The average molecular weight is 692 g/mol. The van der Waals surface area contributed by atoms with Crippen LogP contribution in [0.1, 0.15) is 36.0 Å². The van der Waals surface area contributed by atoms with Crippen LogP contribution in [0.4, 0.5) is 4.79 Å². The fourth-order valence-electron chi connectivity index (χ4n) is 4.87. The molecule has 268 valence electrons. The molecule has 5 N–H and O–H groups in total. The largest absolute Gasteiger partial charge is 0.497 e. The number of amides is 4.